The molecule has 0 amide bonds. The molecule has 1 aromatic heterocycles. The standard InChI is InChI=1S/C16H14N2O2/c1-10-9-17-11(2)16(18-10)20-15-6-4-12-3-5-14(19)7-13(12)8-15/h3-9,19H,1-2H3. The highest BCUT2D eigenvalue weighted by Gasteiger charge is 2.06. The molecular formula is C16H14N2O2. The first-order valence-electron chi connectivity index (χ1n) is 6.33. The molecule has 0 saturated carbocycles. The van der Waals surface area contributed by atoms with Crippen molar-refractivity contribution in [2.24, 2.45) is 0 Å². The minimum absolute atomic E-state index is 0.237. The maximum Gasteiger partial charge on any atom is 0.241 e. The Morgan fingerprint density at radius 1 is 1.00 bits per heavy atom. The maximum absolute atomic E-state index is 9.53. The van der Waals surface area contributed by atoms with Gasteiger partial charge in [0, 0.05) is 6.20 Å². The van der Waals surface area contributed by atoms with Crippen LogP contribution < -0.4 is 4.74 Å². The molecule has 0 aliphatic heterocycles. The van der Waals surface area contributed by atoms with Crippen molar-refractivity contribution >= 4 is 10.8 Å². The number of ether oxygens (including phenoxy) is 1. The smallest absolute Gasteiger partial charge is 0.241 e. The summed E-state index contributed by atoms with van der Waals surface area (Å²) in [6, 6.07) is 10.9. The van der Waals surface area contributed by atoms with Crippen molar-refractivity contribution in [3.63, 3.8) is 0 Å². The lowest BCUT2D eigenvalue weighted by molar-refractivity contribution is 0.454. The van der Waals surface area contributed by atoms with E-state index in [0.29, 0.717) is 11.6 Å². The van der Waals surface area contributed by atoms with Gasteiger partial charge in [0.2, 0.25) is 5.88 Å². The van der Waals surface area contributed by atoms with Crippen molar-refractivity contribution in [1.82, 2.24) is 9.97 Å². The van der Waals surface area contributed by atoms with Crippen LogP contribution in [0.2, 0.25) is 0 Å². The Kier molecular flexibility index (Phi) is 2.99. The van der Waals surface area contributed by atoms with Crippen LogP contribution in [0.25, 0.3) is 10.8 Å². The van der Waals surface area contributed by atoms with Crippen molar-refractivity contribution < 1.29 is 9.84 Å². The fourth-order valence-electron chi connectivity index (χ4n) is 2.00. The van der Waals surface area contributed by atoms with Gasteiger partial charge in [0.1, 0.15) is 11.5 Å². The predicted molar refractivity (Wildman–Crippen MR) is 77.2 cm³/mol. The van der Waals surface area contributed by atoms with Crippen molar-refractivity contribution in [1.29, 1.82) is 0 Å². The zero-order chi connectivity index (χ0) is 14.1. The zero-order valence-electron chi connectivity index (χ0n) is 11.3. The highest BCUT2D eigenvalue weighted by atomic mass is 16.5. The Bertz CT molecular complexity index is 785. The normalized spacial score (nSPS) is 10.7. The number of phenolic OH excluding ortho intramolecular Hbond substituents is 1. The monoisotopic (exact) mass is 266 g/mol. The summed E-state index contributed by atoms with van der Waals surface area (Å²) in [6.45, 7) is 3.73. The van der Waals surface area contributed by atoms with Crippen molar-refractivity contribution in [2.45, 2.75) is 13.8 Å². The topological polar surface area (TPSA) is 55.2 Å². The molecule has 0 saturated heterocycles. The van der Waals surface area contributed by atoms with E-state index < -0.39 is 0 Å². The molecule has 0 radical (unpaired) electrons. The fourth-order valence-corrected chi connectivity index (χ4v) is 2.00. The van der Waals surface area contributed by atoms with E-state index in [2.05, 4.69) is 9.97 Å². The highest BCUT2D eigenvalue weighted by molar-refractivity contribution is 5.85. The van der Waals surface area contributed by atoms with Gasteiger partial charge in [0.05, 0.1) is 11.4 Å². The first-order chi connectivity index (χ1) is 9.61. The van der Waals surface area contributed by atoms with E-state index in [0.717, 1.165) is 22.2 Å². The number of aromatic nitrogens is 2. The second-order valence-electron chi connectivity index (χ2n) is 4.70. The lowest BCUT2D eigenvalue weighted by Crippen LogP contribution is -1.95. The molecule has 20 heavy (non-hydrogen) atoms. The van der Waals surface area contributed by atoms with E-state index in [1.54, 1.807) is 18.3 Å². The summed E-state index contributed by atoms with van der Waals surface area (Å²) in [4.78, 5) is 8.56. The van der Waals surface area contributed by atoms with Crippen molar-refractivity contribution in [3.05, 3.63) is 54.0 Å². The van der Waals surface area contributed by atoms with E-state index in [1.165, 1.54) is 0 Å². The van der Waals surface area contributed by atoms with Gasteiger partial charge in [0.25, 0.3) is 0 Å². The number of fused-ring (bicyclic) bond motifs is 1. The molecule has 0 spiro atoms. The lowest BCUT2D eigenvalue weighted by Gasteiger charge is -2.08. The number of hydrogen-bond acceptors (Lipinski definition) is 4. The minimum Gasteiger partial charge on any atom is -0.508 e. The zero-order valence-corrected chi connectivity index (χ0v) is 11.3. The average Bonchev–Trinajstić information content (AvgIpc) is 2.42. The summed E-state index contributed by atoms with van der Waals surface area (Å²) in [5.74, 6) is 1.41. The van der Waals surface area contributed by atoms with Crippen LogP contribution in [-0.4, -0.2) is 15.1 Å². The van der Waals surface area contributed by atoms with E-state index in [-0.39, 0.29) is 5.75 Å². The number of phenols is 1. The van der Waals surface area contributed by atoms with Gasteiger partial charge in [-0.2, -0.15) is 0 Å². The summed E-state index contributed by atoms with van der Waals surface area (Å²) >= 11 is 0. The van der Waals surface area contributed by atoms with Crippen LogP contribution in [0.1, 0.15) is 11.4 Å². The molecule has 1 heterocycles. The molecule has 1 N–H and O–H groups in total. The maximum atomic E-state index is 9.53. The fraction of sp³-hybridized carbons (Fsp3) is 0.125. The van der Waals surface area contributed by atoms with Gasteiger partial charge in [-0.25, -0.2) is 4.98 Å². The Hall–Kier alpha value is -2.62. The molecule has 100 valence electrons. The second-order valence-corrected chi connectivity index (χ2v) is 4.70. The molecule has 0 bridgehead atoms. The molecule has 3 rings (SSSR count). The van der Waals surface area contributed by atoms with Gasteiger partial charge in [-0.1, -0.05) is 12.1 Å². The third kappa shape index (κ3) is 2.40. The number of aryl methyl sites for hydroxylation is 2. The Labute approximate surface area is 116 Å². The van der Waals surface area contributed by atoms with Crippen LogP contribution in [0.3, 0.4) is 0 Å². The molecule has 0 aliphatic rings. The van der Waals surface area contributed by atoms with Crippen LogP contribution in [0.4, 0.5) is 0 Å². The van der Waals surface area contributed by atoms with Gasteiger partial charge in [-0.05, 0) is 48.9 Å². The molecule has 2 aromatic carbocycles. The molecular weight excluding hydrogens is 252 g/mol. The third-order valence-electron chi connectivity index (χ3n) is 3.04. The van der Waals surface area contributed by atoms with Crippen LogP contribution in [0, 0.1) is 13.8 Å². The largest absolute Gasteiger partial charge is 0.508 e. The summed E-state index contributed by atoms with van der Waals surface area (Å²) in [5, 5.41) is 11.5. The molecule has 4 nitrogen and oxygen atoms in total. The molecule has 0 unspecified atom stereocenters. The van der Waals surface area contributed by atoms with E-state index in [9.17, 15) is 5.11 Å². The summed E-state index contributed by atoms with van der Waals surface area (Å²) in [6.07, 6.45) is 1.71. The van der Waals surface area contributed by atoms with E-state index >= 15 is 0 Å². The Morgan fingerprint density at radius 3 is 2.65 bits per heavy atom. The van der Waals surface area contributed by atoms with Crippen LogP contribution in [0.5, 0.6) is 17.4 Å². The van der Waals surface area contributed by atoms with E-state index in [4.69, 9.17) is 4.74 Å². The van der Waals surface area contributed by atoms with Gasteiger partial charge >= 0.3 is 0 Å². The number of aromatic hydroxyl groups is 1. The highest BCUT2D eigenvalue weighted by Crippen LogP contribution is 2.27. The van der Waals surface area contributed by atoms with Gasteiger partial charge in [-0.15, -0.1) is 0 Å². The summed E-state index contributed by atoms with van der Waals surface area (Å²) in [5.41, 5.74) is 1.55. The molecule has 0 atom stereocenters. The van der Waals surface area contributed by atoms with Crippen LogP contribution in [0.15, 0.2) is 42.6 Å². The SMILES string of the molecule is Cc1cnc(C)c(Oc2ccc3ccc(O)cc3c2)n1. The quantitative estimate of drug-likeness (QED) is 0.767. The molecule has 0 fully saturated rings. The Balaban J connectivity index is 2.00. The number of rotatable bonds is 2. The number of benzene rings is 2. The summed E-state index contributed by atoms with van der Waals surface area (Å²) in [7, 11) is 0. The van der Waals surface area contributed by atoms with Gasteiger partial charge in [-0.3, -0.25) is 4.98 Å². The number of hydrogen-bond donors (Lipinski definition) is 1. The second kappa shape index (κ2) is 4.81. The van der Waals surface area contributed by atoms with Gasteiger partial charge < -0.3 is 9.84 Å². The van der Waals surface area contributed by atoms with Crippen molar-refractivity contribution in [2.75, 3.05) is 0 Å². The Morgan fingerprint density at radius 2 is 1.80 bits per heavy atom. The molecule has 4 heteroatoms. The third-order valence-corrected chi connectivity index (χ3v) is 3.04. The minimum atomic E-state index is 0.237. The summed E-state index contributed by atoms with van der Waals surface area (Å²) < 4.78 is 5.78. The first kappa shape index (κ1) is 12.4. The molecule has 3 aromatic rings. The predicted octanol–water partition coefficient (Wildman–Crippen LogP) is 3.74. The van der Waals surface area contributed by atoms with Gasteiger partial charge in [0.15, 0.2) is 0 Å². The molecule has 0 aliphatic carbocycles. The number of nitrogens with zero attached hydrogens (tertiary/aromatic N) is 2. The van der Waals surface area contributed by atoms with E-state index in [1.807, 2.05) is 38.1 Å². The average molecular weight is 266 g/mol. The van der Waals surface area contributed by atoms with Crippen LogP contribution in [-0.2, 0) is 0 Å². The first-order valence-corrected chi connectivity index (χ1v) is 6.33. The van der Waals surface area contributed by atoms with Crippen molar-refractivity contribution in [3.8, 4) is 17.4 Å². The lowest BCUT2D eigenvalue weighted by atomic mass is 10.1. The van der Waals surface area contributed by atoms with Crippen LogP contribution >= 0.6 is 0 Å².